The average Bonchev–Trinajstić information content (AvgIpc) is 2.59. The summed E-state index contributed by atoms with van der Waals surface area (Å²) >= 11 is 0. The minimum atomic E-state index is -0.920. The summed E-state index contributed by atoms with van der Waals surface area (Å²) in [5.41, 5.74) is 6.90. The van der Waals surface area contributed by atoms with Crippen molar-refractivity contribution in [3.8, 4) is 11.5 Å². The Balaban J connectivity index is 2.09. The minimum absolute atomic E-state index is 0.188. The summed E-state index contributed by atoms with van der Waals surface area (Å²) in [5, 5.41) is 2.90. The zero-order chi connectivity index (χ0) is 18.4. The van der Waals surface area contributed by atoms with Crippen LogP contribution in [0.3, 0.4) is 0 Å². The van der Waals surface area contributed by atoms with Gasteiger partial charge in [0.1, 0.15) is 6.61 Å². The predicted octanol–water partition coefficient (Wildman–Crippen LogP) is 3.19. The van der Waals surface area contributed by atoms with Crippen molar-refractivity contribution >= 4 is 5.91 Å². The van der Waals surface area contributed by atoms with E-state index in [2.05, 4.69) is 5.32 Å². The summed E-state index contributed by atoms with van der Waals surface area (Å²) in [5.74, 6) is 1.08. The quantitative estimate of drug-likeness (QED) is 0.810. The maximum Gasteiger partial charge on any atom is 0.239 e. The number of benzene rings is 2. The Morgan fingerprint density at radius 2 is 1.84 bits per heavy atom. The third-order valence-corrected chi connectivity index (χ3v) is 3.86. The molecular weight excluding hydrogens is 316 g/mol. The Bertz CT molecular complexity index is 709. The number of nitrogens with two attached hydrogens (primary N) is 1. The van der Waals surface area contributed by atoms with Gasteiger partial charge in [0.2, 0.25) is 5.91 Å². The van der Waals surface area contributed by atoms with Crippen molar-refractivity contribution in [2.45, 2.75) is 39.0 Å². The molecule has 0 fully saturated rings. The van der Waals surface area contributed by atoms with Gasteiger partial charge in [-0.05, 0) is 44.0 Å². The molecule has 2 aromatic carbocycles. The summed E-state index contributed by atoms with van der Waals surface area (Å²) < 4.78 is 11.3. The van der Waals surface area contributed by atoms with E-state index in [9.17, 15) is 4.79 Å². The van der Waals surface area contributed by atoms with Gasteiger partial charge in [0, 0.05) is 0 Å². The summed E-state index contributed by atoms with van der Waals surface area (Å²) in [7, 11) is 1.60. The highest BCUT2D eigenvalue weighted by molar-refractivity contribution is 5.85. The molecule has 0 aliphatic heterocycles. The number of methoxy groups -OCH3 is 1. The average molecular weight is 342 g/mol. The first-order valence-corrected chi connectivity index (χ1v) is 8.25. The molecule has 1 unspecified atom stereocenters. The predicted molar refractivity (Wildman–Crippen MR) is 98.6 cm³/mol. The SMILES string of the molecule is COc1cc(C(C)NC(=O)C(C)(C)N)ccc1OCc1ccccc1. The highest BCUT2D eigenvalue weighted by Gasteiger charge is 2.24. The van der Waals surface area contributed by atoms with Gasteiger partial charge in [0.25, 0.3) is 0 Å². The normalized spacial score (nSPS) is 12.4. The van der Waals surface area contributed by atoms with Gasteiger partial charge in [-0.15, -0.1) is 0 Å². The molecule has 5 nitrogen and oxygen atoms in total. The Kier molecular flexibility index (Phi) is 6.04. The number of rotatable bonds is 7. The fourth-order valence-electron chi connectivity index (χ4n) is 2.27. The van der Waals surface area contributed by atoms with E-state index in [1.807, 2.05) is 55.5 Å². The Hall–Kier alpha value is -2.53. The van der Waals surface area contributed by atoms with Crippen LogP contribution in [0.5, 0.6) is 11.5 Å². The van der Waals surface area contributed by atoms with Crippen LogP contribution in [0, 0.1) is 0 Å². The molecule has 0 aromatic heterocycles. The van der Waals surface area contributed by atoms with Crippen molar-refractivity contribution < 1.29 is 14.3 Å². The summed E-state index contributed by atoms with van der Waals surface area (Å²) in [6.45, 7) is 5.72. The number of carbonyl (C=O) groups is 1. The Morgan fingerprint density at radius 1 is 1.16 bits per heavy atom. The largest absolute Gasteiger partial charge is 0.493 e. The van der Waals surface area contributed by atoms with Gasteiger partial charge in [0.05, 0.1) is 18.7 Å². The van der Waals surface area contributed by atoms with Crippen LogP contribution in [0.15, 0.2) is 48.5 Å². The molecule has 0 aliphatic rings. The maximum atomic E-state index is 12.0. The topological polar surface area (TPSA) is 73.6 Å². The molecule has 5 heteroatoms. The van der Waals surface area contributed by atoms with Crippen LogP contribution in [0.25, 0.3) is 0 Å². The van der Waals surface area contributed by atoms with E-state index in [4.69, 9.17) is 15.2 Å². The van der Waals surface area contributed by atoms with Crippen molar-refractivity contribution in [2.75, 3.05) is 7.11 Å². The molecule has 0 saturated heterocycles. The fraction of sp³-hybridized carbons (Fsp3) is 0.350. The molecule has 0 radical (unpaired) electrons. The lowest BCUT2D eigenvalue weighted by Crippen LogP contribution is -2.49. The first-order valence-electron chi connectivity index (χ1n) is 8.25. The van der Waals surface area contributed by atoms with Gasteiger partial charge in [-0.25, -0.2) is 0 Å². The molecule has 3 N–H and O–H groups in total. The molecule has 2 aromatic rings. The van der Waals surface area contributed by atoms with Crippen LogP contribution in [0.4, 0.5) is 0 Å². The Labute approximate surface area is 149 Å². The van der Waals surface area contributed by atoms with Crippen LogP contribution < -0.4 is 20.5 Å². The van der Waals surface area contributed by atoms with Gasteiger partial charge < -0.3 is 20.5 Å². The van der Waals surface area contributed by atoms with Crippen molar-refractivity contribution in [3.05, 3.63) is 59.7 Å². The van der Waals surface area contributed by atoms with E-state index >= 15 is 0 Å². The van der Waals surface area contributed by atoms with Crippen LogP contribution >= 0.6 is 0 Å². The summed E-state index contributed by atoms with van der Waals surface area (Å²) in [6.07, 6.45) is 0. The second kappa shape index (κ2) is 8.03. The molecule has 1 amide bonds. The molecule has 0 saturated carbocycles. The van der Waals surface area contributed by atoms with Crippen molar-refractivity contribution in [2.24, 2.45) is 5.73 Å². The van der Waals surface area contributed by atoms with E-state index in [0.717, 1.165) is 11.1 Å². The first-order chi connectivity index (χ1) is 11.8. The number of nitrogens with one attached hydrogen (secondary N) is 1. The number of hydrogen-bond donors (Lipinski definition) is 2. The lowest BCUT2D eigenvalue weighted by atomic mass is 10.0. The lowest BCUT2D eigenvalue weighted by Gasteiger charge is -2.22. The van der Waals surface area contributed by atoms with Gasteiger partial charge >= 0.3 is 0 Å². The summed E-state index contributed by atoms with van der Waals surface area (Å²) in [6, 6.07) is 15.4. The molecule has 0 heterocycles. The smallest absolute Gasteiger partial charge is 0.239 e. The second-order valence-electron chi connectivity index (χ2n) is 6.60. The standard InChI is InChI=1S/C20H26N2O3/c1-14(22-19(23)20(2,3)21)16-10-11-17(18(12-16)24-4)25-13-15-8-6-5-7-9-15/h5-12,14H,13,21H2,1-4H3,(H,22,23). The van der Waals surface area contributed by atoms with E-state index in [1.165, 1.54) is 0 Å². The summed E-state index contributed by atoms with van der Waals surface area (Å²) in [4.78, 5) is 12.0. The molecule has 0 spiro atoms. The van der Waals surface area contributed by atoms with Gasteiger partial charge in [0.15, 0.2) is 11.5 Å². The molecule has 2 rings (SSSR count). The number of carbonyl (C=O) groups excluding carboxylic acids is 1. The zero-order valence-corrected chi connectivity index (χ0v) is 15.2. The van der Waals surface area contributed by atoms with Gasteiger partial charge in [-0.1, -0.05) is 36.4 Å². The van der Waals surface area contributed by atoms with Crippen molar-refractivity contribution in [1.29, 1.82) is 0 Å². The molecule has 25 heavy (non-hydrogen) atoms. The van der Waals surface area contributed by atoms with Gasteiger partial charge in [-0.3, -0.25) is 4.79 Å². The van der Waals surface area contributed by atoms with E-state index in [-0.39, 0.29) is 11.9 Å². The molecule has 134 valence electrons. The third kappa shape index (κ3) is 5.22. The highest BCUT2D eigenvalue weighted by atomic mass is 16.5. The van der Waals surface area contributed by atoms with Crippen LogP contribution in [0.1, 0.15) is 37.9 Å². The molecule has 0 aliphatic carbocycles. The molecule has 0 bridgehead atoms. The molecule has 1 atom stereocenters. The number of ether oxygens (including phenoxy) is 2. The highest BCUT2D eigenvalue weighted by Crippen LogP contribution is 2.31. The monoisotopic (exact) mass is 342 g/mol. The van der Waals surface area contributed by atoms with E-state index < -0.39 is 5.54 Å². The first kappa shape index (κ1) is 18.8. The van der Waals surface area contributed by atoms with Crippen LogP contribution in [-0.4, -0.2) is 18.6 Å². The lowest BCUT2D eigenvalue weighted by molar-refractivity contribution is -0.125. The number of hydrogen-bond acceptors (Lipinski definition) is 4. The second-order valence-corrected chi connectivity index (χ2v) is 6.60. The Morgan fingerprint density at radius 3 is 2.44 bits per heavy atom. The van der Waals surface area contributed by atoms with Crippen LogP contribution in [-0.2, 0) is 11.4 Å². The maximum absolute atomic E-state index is 12.0. The minimum Gasteiger partial charge on any atom is -0.493 e. The van der Waals surface area contributed by atoms with Gasteiger partial charge in [-0.2, -0.15) is 0 Å². The number of amides is 1. The van der Waals surface area contributed by atoms with Crippen molar-refractivity contribution in [1.82, 2.24) is 5.32 Å². The van der Waals surface area contributed by atoms with E-state index in [0.29, 0.717) is 18.1 Å². The third-order valence-electron chi connectivity index (χ3n) is 3.86. The molecular formula is C20H26N2O3. The zero-order valence-electron chi connectivity index (χ0n) is 15.2. The van der Waals surface area contributed by atoms with Crippen LogP contribution in [0.2, 0.25) is 0 Å². The van der Waals surface area contributed by atoms with Crippen molar-refractivity contribution in [3.63, 3.8) is 0 Å². The van der Waals surface area contributed by atoms with E-state index in [1.54, 1.807) is 21.0 Å². The fourth-order valence-corrected chi connectivity index (χ4v) is 2.27.